The summed E-state index contributed by atoms with van der Waals surface area (Å²) in [4.78, 5) is 11.2. The van der Waals surface area contributed by atoms with Crippen LogP contribution in [0.3, 0.4) is 0 Å². The predicted octanol–water partition coefficient (Wildman–Crippen LogP) is 2.02. The van der Waals surface area contributed by atoms with E-state index in [0.29, 0.717) is 11.7 Å². The third-order valence-corrected chi connectivity index (χ3v) is 3.23. The number of nitrogens with one attached hydrogen (secondary N) is 2. The summed E-state index contributed by atoms with van der Waals surface area (Å²) in [6.45, 7) is 2.24. The smallest absolute Gasteiger partial charge is 0.285 e. The van der Waals surface area contributed by atoms with Gasteiger partial charge in [-0.25, -0.2) is 5.10 Å². The molecule has 0 amide bonds. The number of nitrogens with zero attached hydrogens (tertiary/aromatic N) is 1. The van der Waals surface area contributed by atoms with Gasteiger partial charge in [0.2, 0.25) is 0 Å². The van der Waals surface area contributed by atoms with Gasteiger partial charge in [-0.15, -0.1) is 0 Å². The van der Waals surface area contributed by atoms with E-state index in [4.69, 9.17) is 11.6 Å². The van der Waals surface area contributed by atoms with Gasteiger partial charge >= 0.3 is 0 Å². The SMILES string of the molecule is CC1CCC(Nc2cn[nH]c(=O)c2Cl)C1. The van der Waals surface area contributed by atoms with Crippen LogP contribution < -0.4 is 10.9 Å². The minimum Gasteiger partial charge on any atom is -0.380 e. The van der Waals surface area contributed by atoms with Gasteiger partial charge in [-0.2, -0.15) is 5.10 Å². The molecule has 82 valence electrons. The molecule has 1 saturated carbocycles. The van der Waals surface area contributed by atoms with Crippen molar-refractivity contribution in [2.24, 2.45) is 5.92 Å². The maximum absolute atomic E-state index is 11.2. The zero-order valence-electron chi connectivity index (χ0n) is 8.59. The summed E-state index contributed by atoms with van der Waals surface area (Å²) in [6, 6.07) is 0.418. The lowest BCUT2D eigenvalue weighted by Gasteiger charge is -2.13. The normalized spacial score (nSPS) is 25.5. The monoisotopic (exact) mass is 227 g/mol. The molecule has 1 heterocycles. The molecule has 0 bridgehead atoms. The van der Waals surface area contributed by atoms with Crippen LogP contribution in [0, 0.1) is 5.92 Å². The molecule has 1 aliphatic rings. The van der Waals surface area contributed by atoms with Crippen LogP contribution in [-0.4, -0.2) is 16.2 Å². The molecule has 2 rings (SSSR count). The molecule has 0 aliphatic heterocycles. The van der Waals surface area contributed by atoms with Crippen molar-refractivity contribution >= 4 is 17.3 Å². The maximum atomic E-state index is 11.2. The van der Waals surface area contributed by atoms with Crippen molar-refractivity contribution in [3.8, 4) is 0 Å². The first-order valence-corrected chi connectivity index (χ1v) is 5.54. The molecule has 4 nitrogen and oxygen atoms in total. The lowest BCUT2D eigenvalue weighted by molar-refractivity contribution is 0.602. The molecular weight excluding hydrogens is 214 g/mol. The van der Waals surface area contributed by atoms with Crippen molar-refractivity contribution in [1.29, 1.82) is 0 Å². The number of anilines is 1. The van der Waals surface area contributed by atoms with E-state index in [1.807, 2.05) is 0 Å². The van der Waals surface area contributed by atoms with Gasteiger partial charge < -0.3 is 5.32 Å². The zero-order valence-corrected chi connectivity index (χ0v) is 9.34. The highest BCUT2D eigenvalue weighted by molar-refractivity contribution is 6.32. The van der Waals surface area contributed by atoms with E-state index >= 15 is 0 Å². The Morgan fingerprint density at radius 3 is 3.07 bits per heavy atom. The molecule has 0 radical (unpaired) electrons. The van der Waals surface area contributed by atoms with E-state index in [9.17, 15) is 4.79 Å². The summed E-state index contributed by atoms with van der Waals surface area (Å²) in [6.07, 6.45) is 5.05. The highest BCUT2D eigenvalue weighted by Crippen LogP contribution is 2.28. The van der Waals surface area contributed by atoms with Crippen LogP contribution in [0.1, 0.15) is 26.2 Å². The molecule has 1 fully saturated rings. The Hall–Kier alpha value is -1.03. The Bertz CT molecular complexity index is 404. The first-order valence-electron chi connectivity index (χ1n) is 5.16. The average Bonchev–Trinajstić information content (AvgIpc) is 2.59. The molecule has 1 aromatic heterocycles. The van der Waals surface area contributed by atoms with Crippen molar-refractivity contribution < 1.29 is 0 Å². The zero-order chi connectivity index (χ0) is 10.8. The molecule has 1 aliphatic carbocycles. The minimum atomic E-state index is -0.340. The number of H-pyrrole nitrogens is 1. The topological polar surface area (TPSA) is 57.8 Å². The second kappa shape index (κ2) is 4.23. The van der Waals surface area contributed by atoms with Crippen LogP contribution >= 0.6 is 11.6 Å². The number of hydrogen-bond acceptors (Lipinski definition) is 3. The van der Waals surface area contributed by atoms with Gasteiger partial charge in [0.05, 0.1) is 11.9 Å². The number of hydrogen-bond donors (Lipinski definition) is 2. The number of rotatable bonds is 2. The molecule has 0 spiro atoms. The lowest BCUT2D eigenvalue weighted by atomic mass is 10.1. The molecule has 5 heteroatoms. The van der Waals surface area contributed by atoms with Crippen molar-refractivity contribution in [3.05, 3.63) is 21.6 Å². The van der Waals surface area contributed by atoms with Gasteiger partial charge in [-0.05, 0) is 25.2 Å². The van der Waals surface area contributed by atoms with Crippen molar-refractivity contribution in [1.82, 2.24) is 10.2 Å². The van der Waals surface area contributed by atoms with E-state index in [1.165, 1.54) is 6.42 Å². The first kappa shape index (κ1) is 10.5. The quantitative estimate of drug-likeness (QED) is 0.813. The van der Waals surface area contributed by atoms with Crippen molar-refractivity contribution in [3.63, 3.8) is 0 Å². The number of aromatic amines is 1. The van der Waals surface area contributed by atoms with Crippen LogP contribution in [0.2, 0.25) is 5.02 Å². The Kier molecular flexibility index (Phi) is 2.95. The van der Waals surface area contributed by atoms with Crippen LogP contribution in [0.5, 0.6) is 0 Å². The van der Waals surface area contributed by atoms with E-state index in [1.54, 1.807) is 6.20 Å². The fourth-order valence-corrected chi connectivity index (χ4v) is 2.19. The third-order valence-electron chi connectivity index (χ3n) is 2.85. The number of aromatic nitrogens is 2. The summed E-state index contributed by atoms with van der Waals surface area (Å²) >= 11 is 5.86. The Morgan fingerprint density at radius 2 is 2.40 bits per heavy atom. The Labute approximate surface area is 93.0 Å². The fraction of sp³-hybridized carbons (Fsp3) is 0.600. The molecule has 0 saturated heterocycles. The van der Waals surface area contributed by atoms with Crippen LogP contribution in [0.25, 0.3) is 0 Å². The molecule has 2 unspecified atom stereocenters. The highest BCUT2D eigenvalue weighted by atomic mass is 35.5. The first-order chi connectivity index (χ1) is 7.16. The maximum Gasteiger partial charge on any atom is 0.285 e. The molecule has 15 heavy (non-hydrogen) atoms. The van der Waals surface area contributed by atoms with E-state index in [0.717, 1.165) is 18.8 Å². The van der Waals surface area contributed by atoms with Crippen molar-refractivity contribution in [2.45, 2.75) is 32.2 Å². The van der Waals surface area contributed by atoms with E-state index < -0.39 is 0 Å². The highest BCUT2D eigenvalue weighted by Gasteiger charge is 2.21. The second-order valence-electron chi connectivity index (χ2n) is 4.19. The minimum absolute atomic E-state index is 0.199. The summed E-state index contributed by atoms with van der Waals surface area (Å²) in [7, 11) is 0. The molecule has 0 aromatic carbocycles. The van der Waals surface area contributed by atoms with E-state index in [-0.39, 0.29) is 10.6 Å². The summed E-state index contributed by atoms with van der Waals surface area (Å²) < 4.78 is 0. The summed E-state index contributed by atoms with van der Waals surface area (Å²) in [5.41, 5.74) is 0.298. The Morgan fingerprint density at radius 1 is 1.60 bits per heavy atom. The predicted molar refractivity (Wildman–Crippen MR) is 60.3 cm³/mol. The van der Waals surface area contributed by atoms with E-state index in [2.05, 4.69) is 22.4 Å². The second-order valence-corrected chi connectivity index (χ2v) is 4.56. The lowest BCUT2D eigenvalue weighted by Crippen LogP contribution is -2.19. The molecule has 1 aromatic rings. The average molecular weight is 228 g/mol. The summed E-state index contributed by atoms with van der Waals surface area (Å²) in [5.74, 6) is 0.747. The van der Waals surface area contributed by atoms with Crippen LogP contribution in [0.15, 0.2) is 11.0 Å². The Balaban J connectivity index is 2.11. The largest absolute Gasteiger partial charge is 0.380 e. The summed E-state index contributed by atoms with van der Waals surface area (Å²) in [5, 5.41) is 9.48. The van der Waals surface area contributed by atoms with Gasteiger partial charge in [-0.1, -0.05) is 18.5 Å². The standard InChI is InChI=1S/C10H14ClN3O/c1-6-2-3-7(4-6)13-8-5-12-14-10(15)9(8)11/h5-7H,2-4H2,1H3,(H2,13,14,15). The third kappa shape index (κ3) is 2.31. The fourth-order valence-electron chi connectivity index (χ4n) is 2.04. The van der Waals surface area contributed by atoms with Gasteiger partial charge in [0.25, 0.3) is 5.56 Å². The van der Waals surface area contributed by atoms with Gasteiger partial charge in [0.15, 0.2) is 0 Å². The van der Waals surface area contributed by atoms with Crippen LogP contribution in [0.4, 0.5) is 5.69 Å². The number of halogens is 1. The van der Waals surface area contributed by atoms with Crippen LogP contribution in [-0.2, 0) is 0 Å². The van der Waals surface area contributed by atoms with Crippen molar-refractivity contribution in [2.75, 3.05) is 5.32 Å². The molecule has 2 atom stereocenters. The molecule has 2 N–H and O–H groups in total. The van der Waals surface area contributed by atoms with Gasteiger partial charge in [0.1, 0.15) is 5.02 Å². The van der Waals surface area contributed by atoms with Gasteiger partial charge in [0, 0.05) is 6.04 Å². The van der Waals surface area contributed by atoms with Gasteiger partial charge in [-0.3, -0.25) is 4.79 Å². The molecular formula is C10H14ClN3O.